The molecule has 29 heavy (non-hydrogen) atoms. The van der Waals surface area contributed by atoms with Crippen molar-refractivity contribution in [2.24, 2.45) is 0 Å². The topological polar surface area (TPSA) is 86.1 Å². The summed E-state index contributed by atoms with van der Waals surface area (Å²) in [5, 5.41) is 11.8. The minimum absolute atomic E-state index is 0.0691. The average Bonchev–Trinajstić information content (AvgIpc) is 3.11. The number of ether oxygens (including phenoxy) is 1. The maximum atomic E-state index is 13.0. The zero-order chi connectivity index (χ0) is 20.6. The first-order chi connectivity index (χ1) is 14.1. The highest BCUT2D eigenvalue weighted by Gasteiger charge is 2.25. The van der Waals surface area contributed by atoms with Crippen molar-refractivity contribution in [2.75, 3.05) is 17.7 Å². The Morgan fingerprint density at radius 1 is 1.21 bits per heavy atom. The Labute approximate surface area is 173 Å². The molecule has 3 rings (SSSR count). The molecule has 0 saturated heterocycles. The molecule has 0 bridgehead atoms. The van der Waals surface area contributed by atoms with E-state index in [-0.39, 0.29) is 35.9 Å². The van der Waals surface area contributed by atoms with Crippen molar-refractivity contribution in [3.8, 4) is 0 Å². The van der Waals surface area contributed by atoms with Crippen LogP contribution in [0.15, 0.2) is 29.4 Å². The Morgan fingerprint density at radius 3 is 2.62 bits per heavy atom. The van der Waals surface area contributed by atoms with Crippen molar-refractivity contribution in [3.63, 3.8) is 0 Å². The average molecular weight is 421 g/mol. The molecule has 1 N–H and O–H groups in total. The van der Waals surface area contributed by atoms with E-state index in [1.165, 1.54) is 42.4 Å². The molecule has 1 heterocycles. The molecule has 156 valence electrons. The van der Waals surface area contributed by atoms with Gasteiger partial charge in [0.1, 0.15) is 18.1 Å². The number of nitrogens with one attached hydrogen (secondary N) is 1. The number of amides is 1. The van der Waals surface area contributed by atoms with E-state index in [1.54, 1.807) is 6.92 Å². The van der Waals surface area contributed by atoms with Crippen LogP contribution in [0.25, 0.3) is 0 Å². The summed E-state index contributed by atoms with van der Waals surface area (Å²) in [6, 6.07) is 5.85. The molecule has 1 aliphatic carbocycles. The van der Waals surface area contributed by atoms with Crippen molar-refractivity contribution < 1.29 is 18.7 Å². The van der Waals surface area contributed by atoms with Crippen LogP contribution in [0.2, 0.25) is 0 Å². The van der Waals surface area contributed by atoms with Gasteiger partial charge >= 0.3 is 5.97 Å². The van der Waals surface area contributed by atoms with E-state index in [0.717, 1.165) is 25.7 Å². The fraction of sp³-hybridized carbons (Fsp3) is 0.500. The van der Waals surface area contributed by atoms with Crippen molar-refractivity contribution in [3.05, 3.63) is 35.9 Å². The molecule has 9 heteroatoms. The van der Waals surface area contributed by atoms with E-state index in [0.29, 0.717) is 23.3 Å². The summed E-state index contributed by atoms with van der Waals surface area (Å²) in [6.45, 7) is 2.09. The Hall–Kier alpha value is -2.42. The van der Waals surface area contributed by atoms with E-state index < -0.39 is 0 Å². The quantitative estimate of drug-likeness (QED) is 0.517. The van der Waals surface area contributed by atoms with Crippen LogP contribution in [-0.2, 0) is 20.7 Å². The maximum Gasteiger partial charge on any atom is 0.313 e. The number of thioether (sulfide) groups is 1. The number of hydrogen-bond acceptors (Lipinski definition) is 6. The lowest BCUT2D eigenvalue weighted by Crippen LogP contribution is -2.20. The number of carbonyl (C=O) groups is 2. The maximum absolute atomic E-state index is 13.0. The van der Waals surface area contributed by atoms with Crippen LogP contribution in [0.1, 0.15) is 50.9 Å². The van der Waals surface area contributed by atoms with E-state index in [2.05, 4.69) is 15.5 Å². The van der Waals surface area contributed by atoms with Crippen LogP contribution in [0.3, 0.4) is 0 Å². The normalized spacial score (nSPS) is 14.6. The zero-order valence-electron chi connectivity index (χ0n) is 16.4. The number of esters is 1. The number of aromatic nitrogens is 3. The summed E-state index contributed by atoms with van der Waals surface area (Å²) in [6.07, 6.45) is 5.52. The minimum Gasteiger partial charge on any atom is -0.466 e. The van der Waals surface area contributed by atoms with Gasteiger partial charge in [-0.1, -0.05) is 31.0 Å². The predicted molar refractivity (Wildman–Crippen MR) is 108 cm³/mol. The van der Waals surface area contributed by atoms with Crippen molar-refractivity contribution in [2.45, 2.75) is 56.6 Å². The highest BCUT2D eigenvalue weighted by Crippen LogP contribution is 2.32. The zero-order valence-corrected chi connectivity index (χ0v) is 17.2. The van der Waals surface area contributed by atoms with Gasteiger partial charge in [0.05, 0.1) is 12.4 Å². The summed E-state index contributed by atoms with van der Waals surface area (Å²) in [5.74, 6) is -0.181. The Bertz CT molecular complexity index is 835. The Balaban J connectivity index is 1.68. The van der Waals surface area contributed by atoms with E-state index in [4.69, 9.17) is 4.74 Å². The van der Waals surface area contributed by atoms with E-state index >= 15 is 0 Å². The third kappa shape index (κ3) is 6.03. The number of hydrogen-bond donors (Lipinski definition) is 1. The largest absolute Gasteiger partial charge is 0.466 e. The summed E-state index contributed by atoms with van der Waals surface area (Å²) in [5.41, 5.74) is 0.536. The summed E-state index contributed by atoms with van der Waals surface area (Å²) >= 11 is 1.28. The van der Waals surface area contributed by atoms with Crippen molar-refractivity contribution in [1.82, 2.24) is 14.8 Å². The molecule has 1 aliphatic rings. The van der Waals surface area contributed by atoms with Gasteiger partial charge in [0.25, 0.3) is 0 Å². The summed E-state index contributed by atoms with van der Waals surface area (Å²) in [4.78, 5) is 24.2. The molecule has 1 aromatic heterocycles. The molecule has 1 amide bonds. The number of benzene rings is 1. The second-order valence-electron chi connectivity index (χ2n) is 6.89. The second-order valence-corrected chi connectivity index (χ2v) is 7.83. The highest BCUT2D eigenvalue weighted by molar-refractivity contribution is 7.99. The van der Waals surface area contributed by atoms with E-state index in [1.807, 2.05) is 4.57 Å². The van der Waals surface area contributed by atoms with Gasteiger partial charge in [0, 0.05) is 11.7 Å². The first-order valence-electron chi connectivity index (χ1n) is 9.84. The van der Waals surface area contributed by atoms with Gasteiger partial charge in [-0.05, 0) is 44.0 Å². The molecule has 0 atom stereocenters. The molecule has 0 aliphatic heterocycles. The third-order valence-corrected chi connectivity index (χ3v) is 5.69. The molecule has 7 nitrogen and oxygen atoms in total. The van der Waals surface area contributed by atoms with Crippen molar-refractivity contribution >= 4 is 29.3 Å². The second kappa shape index (κ2) is 10.4. The first-order valence-corrected chi connectivity index (χ1v) is 10.8. The van der Waals surface area contributed by atoms with Gasteiger partial charge in [0.15, 0.2) is 5.16 Å². The fourth-order valence-electron chi connectivity index (χ4n) is 3.43. The standard InChI is InChI=1S/C20H25FN4O3S/c1-2-28-19(27)12-17-23-24-20(25(17)16-6-4-3-5-7-16)29-13-18(26)22-15-10-8-14(21)9-11-15/h8-11,16H,2-7,12-13H2,1H3,(H,22,26). The van der Waals surface area contributed by atoms with Crippen LogP contribution in [0.5, 0.6) is 0 Å². The van der Waals surface area contributed by atoms with Crippen LogP contribution in [0, 0.1) is 5.82 Å². The van der Waals surface area contributed by atoms with Gasteiger partial charge < -0.3 is 14.6 Å². The number of halogens is 1. The molecule has 1 aromatic carbocycles. The van der Waals surface area contributed by atoms with Gasteiger partial charge in [-0.25, -0.2) is 4.39 Å². The smallest absolute Gasteiger partial charge is 0.313 e. The SMILES string of the molecule is CCOC(=O)Cc1nnc(SCC(=O)Nc2ccc(F)cc2)n1C1CCCCC1. The predicted octanol–water partition coefficient (Wildman–Crippen LogP) is 3.76. The molecule has 1 saturated carbocycles. The van der Waals surface area contributed by atoms with Crippen molar-refractivity contribution in [1.29, 1.82) is 0 Å². The van der Waals surface area contributed by atoms with Gasteiger partial charge in [-0.3, -0.25) is 9.59 Å². The Morgan fingerprint density at radius 2 is 1.93 bits per heavy atom. The lowest BCUT2D eigenvalue weighted by atomic mass is 9.95. The molecule has 0 radical (unpaired) electrons. The molecule has 1 fully saturated rings. The third-order valence-electron chi connectivity index (χ3n) is 4.74. The van der Waals surface area contributed by atoms with Gasteiger partial charge in [-0.15, -0.1) is 10.2 Å². The molecule has 0 spiro atoms. The van der Waals surface area contributed by atoms with Crippen LogP contribution >= 0.6 is 11.8 Å². The number of carbonyl (C=O) groups excluding carboxylic acids is 2. The number of anilines is 1. The Kier molecular flexibility index (Phi) is 7.62. The van der Waals surface area contributed by atoms with Crippen LogP contribution in [-0.4, -0.2) is 39.0 Å². The first kappa shape index (κ1) is 21.3. The fourth-order valence-corrected chi connectivity index (χ4v) is 4.26. The van der Waals surface area contributed by atoms with Crippen LogP contribution < -0.4 is 5.32 Å². The van der Waals surface area contributed by atoms with E-state index in [9.17, 15) is 14.0 Å². The molecular weight excluding hydrogens is 395 g/mol. The number of nitrogens with zero attached hydrogens (tertiary/aromatic N) is 3. The van der Waals surface area contributed by atoms with Crippen LogP contribution in [0.4, 0.5) is 10.1 Å². The van der Waals surface area contributed by atoms with Gasteiger partial charge in [-0.2, -0.15) is 0 Å². The molecular formula is C20H25FN4O3S. The summed E-state index contributed by atoms with van der Waals surface area (Å²) in [7, 11) is 0. The lowest BCUT2D eigenvalue weighted by Gasteiger charge is -2.25. The highest BCUT2D eigenvalue weighted by atomic mass is 32.2. The number of rotatable bonds is 8. The monoisotopic (exact) mass is 420 g/mol. The molecule has 0 unspecified atom stereocenters. The summed E-state index contributed by atoms with van der Waals surface area (Å²) < 4.78 is 20.0. The minimum atomic E-state index is -0.355. The molecule has 2 aromatic rings. The lowest BCUT2D eigenvalue weighted by molar-refractivity contribution is -0.142. The van der Waals surface area contributed by atoms with Gasteiger partial charge in [0.2, 0.25) is 5.91 Å².